The summed E-state index contributed by atoms with van der Waals surface area (Å²) in [6, 6.07) is 32.5. The van der Waals surface area contributed by atoms with Gasteiger partial charge in [0.2, 0.25) is 0 Å². The zero-order valence-corrected chi connectivity index (χ0v) is 17.2. The molecule has 0 bridgehead atoms. The van der Waals surface area contributed by atoms with E-state index in [1.165, 1.54) is 43.4 Å². The van der Waals surface area contributed by atoms with Gasteiger partial charge in [-0.25, -0.2) is 0 Å². The van der Waals surface area contributed by atoms with Crippen LogP contribution < -0.4 is 0 Å². The number of fused-ring (bicyclic) bond motifs is 8. The van der Waals surface area contributed by atoms with Crippen molar-refractivity contribution in [3.63, 3.8) is 0 Å². The third-order valence-corrected chi connectivity index (χ3v) is 6.33. The van der Waals surface area contributed by atoms with Gasteiger partial charge in [0.05, 0.1) is 16.7 Å². The first-order chi connectivity index (χ1) is 15.3. The molecule has 0 atom stereocenters. The molecule has 0 aliphatic carbocycles. The number of benzene rings is 5. The number of aromatic nitrogens is 1. The minimum atomic E-state index is 1.09. The summed E-state index contributed by atoms with van der Waals surface area (Å²) in [7, 11) is 0. The van der Waals surface area contributed by atoms with Gasteiger partial charge < -0.3 is 4.57 Å². The lowest BCUT2D eigenvalue weighted by Crippen LogP contribution is -1.99. The Morgan fingerprint density at radius 3 is 1.87 bits per heavy atom. The van der Waals surface area contributed by atoms with Gasteiger partial charge in [-0.3, -0.25) is 0 Å². The lowest BCUT2D eigenvalue weighted by Gasteiger charge is -2.15. The molecule has 0 saturated heterocycles. The molecule has 1 heterocycles. The number of hydrogen-bond donors (Lipinski definition) is 0. The van der Waals surface area contributed by atoms with Gasteiger partial charge in [0.1, 0.15) is 0 Å². The highest BCUT2D eigenvalue weighted by Gasteiger charge is 2.19. The van der Waals surface area contributed by atoms with E-state index >= 15 is 0 Å². The highest BCUT2D eigenvalue weighted by Crippen LogP contribution is 2.42. The fourth-order valence-electron chi connectivity index (χ4n) is 5.04. The highest BCUT2D eigenvalue weighted by molar-refractivity contribution is 6.32. The molecule has 146 valence electrons. The van der Waals surface area contributed by atoms with E-state index in [-0.39, 0.29) is 0 Å². The molecule has 1 nitrogen and oxygen atoms in total. The maximum Gasteiger partial charge on any atom is 0.0626 e. The van der Waals surface area contributed by atoms with Crippen LogP contribution in [0.25, 0.3) is 61.2 Å². The number of rotatable bonds is 3. The van der Waals surface area contributed by atoms with Crippen LogP contribution in [0.1, 0.15) is 11.1 Å². The van der Waals surface area contributed by atoms with Crippen molar-refractivity contribution in [2.45, 2.75) is 0 Å². The molecule has 0 saturated carbocycles. The molecule has 0 aliphatic heterocycles. The molecule has 1 aromatic heterocycles. The molecule has 1 heteroatoms. The summed E-state index contributed by atoms with van der Waals surface area (Å²) in [4.78, 5) is 0. The van der Waals surface area contributed by atoms with Crippen LogP contribution >= 0.6 is 0 Å². The van der Waals surface area contributed by atoms with Gasteiger partial charge in [0, 0.05) is 21.7 Å². The molecule has 6 rings (SSSR count). The largest absolute Gasteiger partial charge is 0.308 e. The van der Waals surface area contributed by atoms with Crippen molar-refractivity contribution in [3.05, 3.63) is 115 Å². The molecule has 0 unspecified atom stereocenters. The molecule has 31 heavy (non-hydrogen) atoms. The van der Waals surface area contributed by atoms with Gasteiger partial charge in [-0.2, -0.15) is 0 Å². The Balaban J connectivity index is 1.98. The van der Waals surface area contributed by atoms with E-state index < -0.39 is 0 Å². The van der Waals surface area contributed by atoms with Gasteiger partial charge in [-0.15, -0.1) is 0 Å². The van der Waals surface area contributed by atoms with E-state index in [2.05, 4.69) is 109 Å². The average molecular weight is 396 g/mol. The van der Waals surface area contributed by atoms with Crippen molar-refractivity contribution in [1.82, 2.24) is 4.57 Å². The Labute approximate surface area is 181 Å². The van der Waals surface area contributed by atoms with Crippen LogP contribution in [0.4, 0.5) is 0 Å². The van der Waals surface area contributed by atoms with Crippen LogP contribution in [-0.2, 0) is 0 Å². The molecule has 0 aliphatic rings. The van der Waals surface area contributed by atoms with Crippen LogP contribution in [0.15, 0.2) is 104 Å². The smallest absolute Gasteiger partial charge is 0.0626 e. The first-order valence-corrected chi connectivity index (χ1v) is 10.5. The third kappa shape index (κ3) is 2.38. The van der Waals surface area contributed by atoms with Gasteiger partial charge in [0.15, 0.2) is 0 Å². The molecule has 0 spiro atoms. The van der Waals surface area contributed by atoms with Gasteiger partial charge >= 0.3 is 0 Å². The van der Waals surface area contributed by atoms with Gasteiger partial charge in [-0.05, 0) is 33.9 Å². The van der Waals surface area contributed by atoms with E-state index in [9.17, 15) is 0 Å². The summed E-state index contributed by atoms with van der Waals surface area (Å²) in [6.07, 6.45) is 3.85. The second-order valence-corrected chi connectivity index (χ2v) is 7.86. The number of hydrogen-bond acceptors (Lipinski definition) is 0. The van der Waals surface area contributed by atoms with Crippen molar-refractivity contribution in [1.29, 1.82) is 0 Å². The molecule has 0 N–H and O–H groups in total. The molecular weight excluding hydrogens is 374 g/mol. The van der Waals surface area contributed by atoms with Crippen LogP contribution in [0.5, 0.6) is 0 Å². The Morgan fingerprint density at radius 1 is 0.548 bits per heavy atom. The fraction of sp³-hybridized carbons (Fsp3) is 0. The Kier molecular flexibility index (Phi) is 3.84. The van der Waals surface area contributed by atoms with Crippen LogP contribution in [-0.4, -0.2) is 4.57 Å². The first kappa shape index (κ1) is 17.7. The third-order valence-electron chi connectivity index (χ3n) is 6.33. The van der Waals surface area contributed by atoms with Gasteiger partial charge in [-0.1, -0.05) is 104 Å². The Bertz CT molecular complexity index is 1660. The molecule has 6 aromatic rings. The number of nitrogens with zero attached hydrogens (tertiary/aromatic N) is 1. The fourth-order valence-corrected chi connectivity index (χ4v) is 5.04. The van der Waals surface area contributed by atoms with Crippen LogP contribution in [0.2, 0.25) is 0 Å². The molecule has 0 amide bonds. The maximum absolute atomic E-state index is 4.12. The van der Waals surface area contributed by atoms with Crippen molar-refractivity contribution in [3.8, 4) is 5.69 Å². The SMILES string of the molecule is C=Cc1cccc(-n2c3ccccc3c3c4ccccc4c4ccccc4c32)c1C=C. The van der Waals surface area contributed by atoms with Crippen molar-refractivity contribution < 1.29 is 0 Å². The van der Waals surface area contributed by atoms with Crippen molar-refractivity contribution >= 4 is 55.5 Å². The quantitative estimate of drug-likeness (QED) is 0.265. The minimum Gasteiger partial charge on any atom is -0.308 e. The summed E-state index contributed by atoms with van der Waals surface area (Å²) < 4.78 is 2.41. The monoisotopic (exact) mass is 395 g/mol. The van der Waals surface area contributed by atoms with E-state index in [0.717, 1.165) is 16.8 Å². The lowest BCUT2D eigenvalue weighted by atomic mass is 9.96. The second kappa shape index (κ2) is 6.72. The van der Waals surface area contributed by atoms with Crippen molar-refractivity contribution in [2.24, 2.45) is 0 Å². The van der Waals surface area contributed by atoms with E-state index in [4.69, 9.17) is 0 Å². The normalized spacial score (nSPS) is 11.5. The van der Waals surface area contributed by atoms with E-state index in [1.807, 2.05) is 12.2 Å². The molecule has 0 radical (unpaired) electrons. The Hall–Kier alpha value is -4.10. The van der Waals surface area contributed by atoms with Crippen LogP contribution in [0.3, 0.4) is 0 Å². The Morgan fingerprint density at radius 2 is 1.16 bits per heavy atom. The zero-order valence-electron chi connectivity index (χ0n) is 17.2. The highest BCUT2D eigenvalue weighted by atomic mass is 15.0. The summed E-state index contributed by atoms with van der Waals surface area (Å²) in [5.41, 5.74) is 5.74. The van der Waals surface area contributed by atoms with Crippen molar-refractivity contribution in [2.75, 3.05) is 0 Å². The summed E-state index contributed by atoms with van der Waals surface area (Å²) in [5.74, 6) is 0. The average Bonchev–Trinajstić information content (AvgIpc) is 3.19. The second-order valence-electron chi connectivity index (χ2n) is 7.86. The first-order valence-electron chi connectivity index (χ1n) is 10.5. The predicted molar refractivity (Wildman–Crippen MR) is 136 cm³/mol. The van der Waals surface area contributed by atoms with Crippen LogP contribution in [0, 0.1) is 0 Å². The zero-order chi connectivity index (χ0) is 20.9. The topological polar surface area (TPSA) is 4.93 Å². The molecular formula is C30H21N. The summed E-state index contributed by atoms with van der Waals surface area (Å²) in [6.45, 7) is 8.14. The van der Waals surface area contributed by atoms with Gasteiger partial charge in [0.25, 0.3) is 0 Å². The van der Waals surface area contributed by atoms with E-state index in [0.29, 0.717) is 0 Å². The lowest BCUT2D eigenvalue weighted by molar-refractivity contribution is 1.18. The number of para-hydroxylation sites is 1. The van der Waals surface area contributed by atoms with E-state index in [1.54, 1.807) is 0 Å². The minimum absolute atomic E-state index is 1.09. The molecule has 0 fully saturated rings. The standard InChI is InChI=1S/C30H21N/c1-3-20-12-11-19-27(21(20)4-2)31-28-18-10-9-17-26(28)29-24-15-7-5-13-22(24)23-14-6-8-16-25(23)30(29)31/h3-19H,1-2H2. The summed E-state index contributed by atoms with van der Waals surface area (Å²) in [5, 5.41) is 7.66. The maximum atomic E-state index is 4.12. The predicted octanol–water partition coefficient (Wildman–Crippen LogP) is 8.38. The molecule has 5 aromatic carbocycles. The summed E-state index contributed by atoms with van der Waals surface area (Å²) >= 11 is 0.